The zero-order valence-corrected chi connectivity index (χ0v) is 18.8. The lowest BCUT2D eigenvalue weighted by atomic mass is 10.1. The van der Waals surface area contributed by atoms with Gasteiger partial charge >= 0.3 is 0 Å². The highest BCUT2D eigenvalue weighted by Gasteiger charge is 2.16. The molecule has 0 aliphatic heterocycles. The fourth-order valence-corrected chi connectivity index (χ4v) is 4.41. The molecule has 1 aromatic heterocycles. The first-order valence-electron chi connectivity index (χ1n) is 9.43. The van der Waals surface area contributed by atoms with E-state index in [9.17, 15) is 9.59 Å². The zero-order chi connectivity index (χ0) is 20.8. The second-order valence-corrected chi connectivity index (χ2v) is 8.75. The number of ether oxygens (including phenoxy) is 1. The second-order valence-electron chi connectivity index (χ2n) is 6.77. The number of fused-ring (bicyclic) bond motifs is 1. The lowest BCUT2D eigenvalue weighted by Gasteiger charge is -2.18. The summed E-state index contributed by atoms with van der Waals surface area (Å²) in [6, 6.07) is 14.6. The van der Waals surface area contributed by atoms with Crippen LogP contribution in [0.5, 0.6) is 0 Å². The number of aromatic nitrogens is 2. The number of thioether (sulfide) groups is 1. The van der Waals surface area contributed by atoms with Crippen LogP contribution in [0.15, 0.2) is 63.0 Å². The summed E-state index contributed by atoms with van der Waals surface area (Å²) >= 11 is 4.88. The molecule has 0 aliphatic carbocycles. The number of methoxy groups -OCH3 is 1. The Morgan fingerprint density at radius 3 is 2.66 bits per heavy atom. The van der Waals surface area contributed by atoms with E-state index in [0.717, 1.165) is 4.47 Å². The molecule has 1 heterocycles. The summed E-state index contributed by atoms with van der Waals surface area (Å²) in [5.41, 5.74) is 1.34. The van der Waals surface area contributed by atoms with Crippen LogP contribution in [-0.4, -0.2) is 34.8 Å². The quantitative estimate of drug-likeness (QED) is 0.186. The van der Waals surface area contributed by atoms with Crippen LogP contribution in [0.3, 0.4) is 0 Å². The molecule has 1 atom stereocenters. The Kier molecular flexibility index (Phi) is 7.64. The van der Waals surface area contributed by atoms with Crippen molar-refractivity contribution in [1.29, 1.82) is 0 Å². The Balaban J connectivity index is 1.73. The first-order chi connectivity index (χ1) is 14.0. The second kappa shape index (κ2) is 10.2. The molecule has 7 heteroatoms. The van der Waals surface area contributed by atoms with Crippen molar-refractivity contribution in [2.45, 2.75) is 31.0 Å². The van der Waals surface area contributed by atoms with E-state index in [2.05, 4.69) is 15.9 Å². The number of rotatable bonds is 9. The van der Waals surface area contributed by atoms with Gasteiger partial charge < -0.3 is 4.74 Å². The summed E-state index contributed by atoms with van der Waals surface area (Å²) in [7, 11) is 1.62. The third-order valence-corrected chi connectivity index (χ3v) is 6.14. The molecule has 0 radical (unpaired) electrons. The molecule has 0 N–H and O–H groups in total. The highest BCUT2D eigenvalue weighted by atomic mass is 79.9. The van der Waals surface area contributed by atoms with Crippen molar-refractivity contribution in [3.8, 4) is 0 Å². The van der Waals surface area contributed by atoms with E-state index in [1.165, 1.54) is 11.8 Å². The predicted octanol–water partition coefficient (Wildman–Crippen LogP) is 5.12. The number of halogens is 1. The van der Waals surface area contributed by atoms with Crippen LogP contribution >= 0.6 is 27.7 Å². The molecular weight excluding hydrogens is 452 g/mol. The molecule has 0 amide bonds. The summed E-state index contributed by atoms with van der Waals surface area (Å²) in [6.07, 6.45) is 1.17. The zero-order valence-electron chi connectivity index (χ0n) is 16.4. The monoisotopic (exact) mass is 474 g/mol. The van der Waals surface area contributed by atoms with Gasteiger partial charge in [0.2, 0.25) is 0 Å². The maximum atomic E-state index is 13.0. The Labute approximate surface area is 182 Å². The smallest absolute Gasteiger partial charge is 0.262 e. The van der Waals surface area contributed by atoms with E-state index in [4.69, 9.17) is 9.72 Å². The summed E-state index contributed by atoms with van der Waals surface area (Å²) in [4.78, 5) is 30.1. The average Bonchev–Trinajstić information content (AvgIpc) is 2.72. The maximum Gasteiger partial charge on any atom is 0.262 e. The maximum absolute atomic E-state index is 13.0. The SMILES string of the molecule is COC[C@@H](C)n1c(SCCCC(=O)c2ccc(Br)cc2)nc2ccccc2c1=O. The molecule has 0 bridgehead atoms. The third kappa shape index (κ3) is 5.35. The predicted molar refractivity (Wildman–Crippen MR) is 121 cm³/mol. The van der Waals surface area contributed by atoms with Gasteiger partial charge in [0.15, 0.2) is 10.9 Å². The summed E-state index contributed by atoms with van der Waals surface area (Å²) < 4.78 is 7.91. The van der Waals surface area contributed by atoms with Crippen molar-refractivity contribution >= 4 is 44.4 Å². The van der Waals surface area contributed by atoms with Crippen LogP contribution in [-0.2, 0) is 4.74 Å². The van der Waals surface area contributed by atoms with Gasteiger partial charge in [0.05, 0.1) is 23.6 Å². The van der Waals surface area contributed by atoms with Crippen molar-refractivity contribution in [2.75, 3.05) is 19.5 Å². The topological polar surface area (TPSA) is 61.2 Å². The van der Waals surface area contributed by atoms with E-state index < -0.39 is 0 Å². The van der Waals surface area contributed by atoms with Gasteiger partial charge in [0.1, 0.15) is 0 Å². The Morgan fingerprint density at radius 1 is 1.21 bits per heavy atom. The van der Waals surface area contributed by atoms with Gasteiger partial charge in [0, 0.05) is 29.3 Å². The lowest BCUT2D eigenvalue weighted by molar-refractivity contribution is 0.0982. The van der Waals surface area contributed by atoms with Crippen molar-refractivity contribution in [1.82, 2.24) is 9.55 Å². The van der Waals surface area contributed by atoms with Crippen LogP contribution in [0.2, 0.25) is 0 Å². The molecule has 0 saturated heterocycles. The fraction of sp³-hybridized carbons (Fsp3) is 0.318. The molecule has 152 valence electrons. The average molecular weight is 475 g/mol. The number of hydrogen-bond acceptors (Lipinski definition) is 5. The third-order valence-electron chi connectivity index (χ3n) is 4.57. The van der Waals surface area contributed by atoms with Crippen molar-refractivity contribution in [2.24, 2.45) is 0 Å². The van der Waals surface area contributed by atoms with Crippen LogP contribution in [0.25, 0.3) is 10.9 Å². The molecule has 0 spiro atoms. The number of ketones is 1. The standard InChI is InChI=1S/C22H23BrN2O3S/c1-15(14-28-2)25-21(27)18-6-3-4-7-19(18)24-22(25)29-13-5-8-20(26)16-9-11-17(23)12-10-16/h3-4,6-7,9-12,15H,5,8,13-14H2,1-2H3/t15-/m1/s1. The van der Waals surface area contributed by atoms with Crippen molar-refractivity contribution in [3.63, 3.8) is 0 Å². The number of para-hydroxylation sites is 1. The largest absolute Gasteiger partial charge is 0.383 e. The molecular formula is C22H23BrN2O3S. The highest BCUT2D eigenvalue weighted by Crippen LogP contribution is 2.23. The number of carbonyl (C=O) groups is 1. The molecule has 0 saturated carbocycles. The minimum atomic E-state index is -0.128. The van der Waals surface area contributed by atoms with Gasteiger partial charge in [-0.1, -0.05) is 52.0 Å². The molecule has 0 fully saturated rings. The van der Waals surface area contributed by atoms with Crippen LogP contribution in [0.4, 0.5) is 0 Å². The van der Waals surface area contributed by atoms with Gasteiger partial charge in [-0.15, -0.1) is 0 Å². The normalized spacial score (nSPS) is 12.2. The van der Waals surface area contributed by atoms with Crippen LogP contribution < -0.4 is 5.56 Å². The van der Waals surface area contributed by atoms with Gasteiger partial charge in [-0.2, -0.15) is 0 Å². The van der Waals surface area contributed by atoms with E-state index in [1.54, 1.807) is 17.7 Å². The molecule has 5 nitrogen and oxygen atoms in total. The molecule has 3 aromatic rings. The number of benzene rings is 2. The Hall–Kier alpha value is -1.96. The highest BCUT2D eigenvalue weighted by molar-refractivity contribution is 9.10. The van der Waals surface area contributed by atoms with Crippen molar-refractivity contribution in [3.05, 3.63) is 68.9 Å². The fourth-order valence-electron chi connectivity index (χ4n) is 3.11. The van der Waals surface area contributed by atoms with Crippen molar-refractivity contribution < 1.29 is 9.53 Å². The van der Waals surface area contributed by atoms with Gasteiger partial charge in [0.25, 0.3) is 5.56 Å². The Morgan fingerprint density at radius 2 is 1.93 bits per heavy atom. The number of hydrogen-bond donors (Lipinski definition) is 0. The minimum Gasteiger partial charge on any atom is -0.383 e. The summed E-state index contributed by atoms with van der Waals surface area (Å²) in [5.74, 6) is 0.821. The summed E-state index contributed by atoms with van der Waals surface area (Å²) in [5, 5.41) is 1.26. The van der Waals surface area contributed by atoms with E-state index in [1.807, 2.05) is 49.4 Å². The van der Waals surface area contributed by atoms with Gasteiger partial charge in [-0.05, 0) is 37.6 Å². The van der Waals surface area contributed by atoms with E-state index in [-0.39, 0.29) is 17.4 Å². The minimum absolute atomic E-state index is 0.0615. The van der Waals surface area contributed by atoms with Gasteiger partial charge in [-0.25, -0.2) is 4.98 Å². The molecule has 0 aliphatic rings. The lowest BCUT2D eigenvalue weighted by Crippen LogP contribution is -2.28. The van der Waals surface area contributed by atoms with Gasteiger partial charge in [-0.3, -0.25) is 14.2 Å². The van der Waals surface area contributed by atoms with E-state index in [0.29, 0.717) is 46.8 Å². The number of nitrogens with zero attached hydrogens (tertiary/aromatic N) is 2. The summed E-state index contributed by atoms with van der Waals surface area (Å²) in [6.45, 7) is 2.37. The first-order valence-corrected chi connectivity index (χ1v) is 11.2. The number of Topliss-reactive ketones (excluding diaryl/α,β-unsaturated/α-hetero) is 1. The van der Waals surface area contributed by atoms with Crippen LogP contribution in [0.1, 0.15) is 36.2 Å². The molecule has 3 rings (SSSR count). The first kappa shape index (κ1) is 21.7. The molecule has 29 heavy (non-hydrogen) atoms. The van der Waals surface area contributed by atoms with Crippen LogP contribution in [0, 0.1) is 0 Å². The molecule has 0 unspecified atom stereocenters. The number of carbonyl (C=O) groups excluding carboxylic acids is 1. The Bertz CT molecular complexity index is 1050. The molecule has 2 aromatic carbocycles. The van der Waals surface area contributed by atoms with E-state index >= 15 is 0 Å².